The predicted octanol–water partition coefficient (Wildman–Crippen LogP) is 5.17. The maximum atomic E-state index is 12.7. The molecule has 1 nitrogen and oxygen atoms in total. The fourth-order valence-corrected chi connectivity index (χ4v) is 2.04. The van der Waals surface area contributed by atoms with Crippen molar-refractivity contribution in [3.05, 3.63) is 41.5 Å². The van der Waals surface area contributed by atoms with E-state index in [4.69, 9.17) is 4.74 Å². The molecule has 0 saturated heterocycles. The zero-order valence-corrected chi connectivity index (χ0v) is 11.4. The third-order valence-electron chi connectivity index (χ3n) is 3.15. The minimum atomic E-state index is -4.34. The summed E-state index contributed by atoms with van der Waals surface area (Å²) in [6.45, 7) is 3.95. The van der Waals surface area contributed by atoms with Gasteiger partial charge in [0, 0.05) is 0 Å². The summed E-state index contributed by atoms with van der Waals surface area (Å²) in [7, 11) is 1.40. The number of rotatable bonds is 5. The Morgan fingerprint density at radius 3 is 2.47 bits per heavy atom. The summed E-state index contributed by atoms with van der Waals surface area (Å²) in [4.78, 5) is 0. The van der Waals surface area contributed by atoms with Crippen molar-refractivity contribution in [2.45, 2.75) is 38.8 Å². The van der Waals surface area contributed by atoms with Crippen molar-refractivity contribution in [2.24, 2.45) is 0 Å². The molecule has 1 rings (SSSR count). The van der Waals surface area contributed by atoms with Crippen LogP contribution in [0.5, 0.6) is 5.75 Å². The molecule has 19 heavy (non-hydrogen) atoms. The zero-order chi connectivity index (χ0) is 14.5. The monoisotopic (exact) mass is 272 g/mol. The fourth-order valence-electron chi connectivity index (χ4n) is 2.04. The molecule has 0 aliphatic carbocycles. The second kappa shape index (κ2) is 6.64. The molecule has 0 aliphatic rings. The number of allylic oxidation sites excluding steroid dienone is 2. The molecule has 0 bridgehead atoms. The van der Waals surface area contributed by atoms with Crippen LogP contribution in [0.1, 0.15) is 43.7 Å². The van der Waals surface area contributed by atoms with Crippen LogP contribution in [0.2, 0.25) is 0 Å². The highest BCUT2D eigenvalue weighted by atomic mass is 19.4. The molecule has 106 valence electrons. The maximum Gasteiger partial charge on any atom is 0.416 e. The standard InChI is InChI=1S/C15H19F3O/c1-4-6-7-11(5-2)13-9-8-12(15(16,17)18)10-14(13)19-3/h4,6,8-11H,5,7H2,1-3H3/b6-4-. The molecule has 1 aromatic rings. The van der Waals surface area contributed by atoms with Crippen LogP contribution < -0.4 is 4.74 Å². The summed E-state index contributed by atoms with van der Waals surface area (Å²) in [6, 6.07) is 3.73. The summed E-state index contributed by atoms with van der Waals surface area (Å²) in [5, 5.41) is 0. The quantitative estimate of drug-likeness (QED) is 0.671. The molecule has 0 saturated carbocycles. The van der Waals surface area contributed by atoms with E-state index in [0.29, 0.717) is 5.75 Å². The predicted molar refractivity (Wildman–Crippen MR) is 70.5 cm³/mol. The molecule has 0 N–H and O–H groups in total. The van der Waals surface area contributed by atoms with E-state index < -0.39 is 11.7 Å². The topological polar surface area (TPSA) is 9.23 Å². The largest absolute Gasteiger partial charge is 0.496 e. The Hall–Kier alpha value is -1.45. The highest BCUT2D eigenvalue weighted by Gasteiger charge is 2.31. The lowest BCUT2D eigenvalue weighted by Gasteiger charge is -2.18. The molecule has 0 aliphatic heterocycles. The van der Waals surface area contributed by atoms with Crippen molar-refractivity contribution < 1.29 is 17.9 Å². The van der Waals surface area contributed by atoms with Gasteiger partial charge in [-0.15, -0.1) is 0 Å². The third-order valence-corrected chi connectivity index (χ3v) is 3.15. The van der Waals surface area contributed by atoms with Gasteiger partial charge in [0.25, 0.3) is 0 Å². The molecule has 0 fully saturated rings. The number of benzene rings is 1. The first-order valence-corrected chi connectivity index (χ1v) is 6.30. The van der Waals surface area contributed by atoms with Crippen molar-refractivity contribution in [2.75, 3.05) is 7.11 Å². The molecule has 1 atom stereocenters. The van der Waals surface area contributed by atoms with E-state index in [1.54, 1.807) is 0 Å². The summed E-state index contributed by atoms with van der Waals surface area (Å²) in [6.07, 6.45) is 1.28. The lowest BCUT2D eigenvalue weighted by molar-refractivity contribution is -0.137. The average Bonchev–Trinajstić information content (AvgIpc) is 2.38. The lowest BCUT2D eigenvalue weighted by Crippen LogP contribution is -2.07. The maximum absolute atomic E-state index is 12.7. The van der Waals surface area contributed by atoms with Crippen LogP contribution in [0.4, 0.5) is 13.2 Å². The highest BCUT2D eigenvalue weighted by molar-refractivity contribution is 5.41. The first kappa shape index (κ1) is 15.6. The van der Waals surface area contributed by atoms with E-state index in [1.807, 2.05) is 26.0 Å². The van der Waals surface area contributed by atoms with Crippen LogP contribution in [0, 0.1) is 0 Å². The molecule has 0 spiro atoms. The van der Waals surface area contributed by atoms with Crippen LogP contribution in [0.3, 0.4) is 0 Å². The van der Waals surface area contributed by atoms with Gasteiger partial charge in [-0.05, 0) is 43.4 Å². The number of hydrogen-bond donors (Lipinski definition) is 0. The molecule has 0 radical (unpaired) electrons. The van der Waals surface area contributed by atoms with Gasteiger partial charge in [0.2, 0.25) is 0 Å². The van der Waals surface area contributed by atoms with E-state index in [9.17, 15) is 13.2 Å². The van der Waals surface area contributed by atoms with Gasteiger partial charge in [-0.25, -0.2) is 0 Å². The van der Waals surface area contributed by atoms with E-state index in [1.165, 1.54) is 13.2 Å². The van der Waals surface area contributed by atoms with E-state index in [0.717, 1.165) is 30.5 Å². The number of alkyl halides is 3. The Labute approximate surface area is 112 Å². The number of methoxy groups -OCH3 is 1. The Bertz CT molecular complexity index is 436. The fraction of sp³-hybridized carbons (Fsp3) is 0.467. The second-order valence-electron chi connectivity index (χ2n) is 4.36. The van der Waals surface area contributed by atoms with Gasteiger partial charge >= 0.3 is 6.18 Å². The number of ether oxygens (including phenoxy) is 1. The molecule has 0 amide bonds. The smallest absolute Gasteiger partial charge is 0.416 e. The van der Waals surface area contributed by atoms with E-state index >= 15 is 0 Å². The van der Waals surface area contributed by atoms with E-state index in [2.05, 4.69) is 0 Å². The van der Waals surface area contributed by atoms with Crippen LogP contribution in [0.15, 0.2) is 30.4 Å². The molecule has 0 aromatic heterocycles. The van der Waals surface area contributed by atoms with Crippen molar-refractivity contribution in [3.8, 4) is 5.75 Å². The van der Waals surface area contributed by atoms with Crippen LogP contribution >= 0.6 is 0 Å². The third kappa shape index (κ3) is 4.01. The highest BCUT2D eigenvalue weighted by Crippen LogP contribution is 2.37. The minimum Gasteiger partial charge on any atom is -0.496 e. The van der Waals surface area contributed by atoms with Crippen molar-refractivity contribution >= 4 is 0 Å². The normalized spacial score (nSPS) is 13.8. The summed E-state index contributed by atoms with van der Waals surface area (Å²) < 4.78 is 43.1. The van der Waals surface area contributed by atoms with Crippen LogP contribution in [0.25, 0.3) is 0 Å². The van der Waals surface area contributed by atoms with Gasteiger partial charge in [0.05, 0.1) is 12.7 Å². The molecular formula is C15H19F3O. The SMILES string of the molecule is C/C=C\CC(CC)c1ccc(C(F)(F)F)cc1OC. The average molecular weight is 272 g/mol. The van der Waals surface area contributed by atoms with Gasteiger partial charge in [-0.1, -0.05) is 25.1 Å². The Morgan fingerprint density at radius 2 is 2.00 bits per heavy atom. The second-order valence-corrected chi connectivity index (χ2v) is 4.36. The van der Waals surface area contributed by atoms with E-state index in [-0.39, 0.29) is 5.92 Å². The Morgan fingerprint density at radius 1 is 1.32 bits per heavy atom. The van der Waals surface area contributed by atoms with Crippen molar-refractivity contribution in [3.63, 3.8) is 0 Å². The first-order chi connectivity index (χ1) is 8.93. The van der Waals surface area contributed by atoms with Crippen molar-refractivity contribution in [1.82, 2.24) is 0 Å². The van der Waals surface area contributed by atoms with Gasteiger partial charge in [-0.3, -0.25) is 0 Å². The molecular weight excluding hydrogens is 253 g/mol. The summed E-state index contributed by atoms with van der Waals surface area (Å²) >= 11 is 0. The number of halogens is 3. The van der Waals surface area contributed by atoms with Crippen LogP contribution in [-0.2, 0) is 6.18 Å². The van der Waals surface area contributed by atoms with Gasteiger partial charge in [0.1, 0.15) is 5.75 Å². The number of hydrogen-bond acceptors (Lipinski definition) is 1. The molecule has 1 unspecified atom stereocenters. The first-order valence-electron chi connectivity index (χ1n) is 6.30. The summed E-state index contributed by atoms with van der Waals surface area (Å²) in [5.41, 5.74) is 0.157. The van der Waals surface area contributed by atoms with Crippen molar-refractivity contribution in [1.29, 1.82) is 0 Å². The molecule has 1 aromatic carbocycles. The van der Waals surface area contributed by atoms with Gasteiger partial charge in [0.15, 0.2) is 0 Å². The van der Waals surface area contributed by atoms with Gasteiger partial charge in [-0.2, -0.15) is 13.2 Å². The minimum absolute atomic E-state index is 0.174. The zero-order valence-electron chi connectivity index (χ0n) is 11.4. The molecule has 0 heterocycles. The molecule has 4 heteroatoms. The lowest BCUT2D eigenvalue weighted by atomic mass is 9.91. The van der Waals surface area contributed by atoms with Crippen LogP contribution in [-0.4, -0.2) is 7.11 Å². The van der Waals surface area contributed by atoms with Gasteiger partial charge < -0.3 is 4.74 Å². The Balaban J connectivity index is 3.13. The summed E-state index contributed by atoms with van der Waals surface area (Å²) in [5.74, 6) is 0.486. The Kier molecular flexibility index (Phi) is 5.45.